The van der Waals surface area contributed by atoms with Crippen molar-refractivity contribution in [2.45, 2.75) is 72.0 Å². The highest BCUT2D eigenvalue weighted by molar-refractivity contribution is 8.18. The van der Waals surface area contributed by atoms with Crippen LogP contribution in [0.1, 0.15) is 66.0 Å². The highest BCUT2D eigenvalue weighted by Gasteiger charge is 2.46. The van der Waals surface area contributed by atoms with Crippen molar-refractivity contribution in [1.29, 1.82) is 0 Å². The molecule has 6 rings (SSSR count). The minimum Gasteiger partial charge on any atom is -0.488 e. The van der Waals surface area contributed by atoms with Gasteiger partial charge in [0.15, 0.2) is 17.9 Å². The number of quaternary nitrogens is 1. The van der Waals surface area contributed by atoms with Crippen molar-refractivity contribution in [2.24, 2.45) is 0 Å². The van der Waals surface area contributed by atoms with E-state index < -0.39 is 5.60 Å². The Morgan fingerprint density at radius 2 is 1.75 bits per heavy atom. The number of ether oxygens (including phenoxy) is 2. The molecule has 2 amide bonds. The van der Waals surface area contributed by atoms with E-state index >= 15 is 0 Å². The van der Waals surface area contributed by atoms with Gasteiger partial charge in [0, 0.05) is 18.4 Å². The van der Waals surface area contributed by atoms with Gasteiger partial charge in [0.05, 0.1) is 4.91 Å². The van der Waals surface area contributed by atoms with Crippen LogP contribution < -0.4 is 19.6 Å². The number of carbonyl (C=O) groups is 2. The number of hydroxylamine groups is 3. The first-order chi connectivity index (χ1) is 21.1. The van der Waals surface area contributed by atoms with Gasteiger partial charge < -0.3 is 14.3 Å². The van der Waals surface area contributed by atoms with Crippen LogP contribution in [0.25, 0.3) is 6.08 Å². The highest BCUT2D eigenvalue weighted by atomic mass is 32.2. The third-order valence-electron chi connectivity index (χ3n) is 9.14. The quantitative estimate of drug-likeness (QED) is 0.208. The SMILES string of the molecule is Cc1c(C)c2c(c(C)c1OCc1ccccc1)CCC(C)(C[N+]1(Oc3cccc(C=C4SC(=O)NC4=O)c3)CCCCC1)O2. The topological polar surface area (TPSA) is 73.9 Å². The summed E-state index contributed by atoms with van der Waals surface area (Å²) < 4.78 is 13.9. The first kappa shape index (κ1) is 30.3. The van der Waals surface area contributed by atoms with Crippen LogP contribution in [0.5, 0.6) is 17.2 Å². The zero-order valence-electron chi connectivity index (χ0n) is 26.0. The first-order valence-electron chi connectivity index (χ1n) is 15.5. The third-order valence-corrected chi connectivity index (χ3v) is 9.95. The van der Waals surface area contributed by atoms with Gasteiger partial charge >= 0.3 is 0 Å². The van der Waals surface area contributed by atoms with E-state index in [4.69, 9.17) is 14.3 Å². The molecule has 1 atom stereocenters. The second-order valence-corrected chi connectivity index (χ2v) is 13.6. The number of thioether (sulfide) groups is 1. The van der Waals surface area contributed by atoms with E-state index in [0.29, 0.717) is 16.2 Å². The third kappa shape index (κ3) is 6.37. The molecule has 0 aliphatic carbocycles. The summed E-state index contributed by atoms with van der Waals surface area (Å²) in [6.07, 6.45) is 6.92. The van der Waals surface area contributed by atoms with E-state index in [9.17, 15) is 9.59 Å². The van der Waals surface area contributed by atoms with E-state index in [-0.39, 0.29) is 11.1 Å². The van der Waals surface area contributed by atoms with Crippen molar-refractivity contribution in [3.8, 4) is 17.2 Å². The molecule has 0 radical (unpaired) electrons. The number of nitrogens with one attached hydrogen (secondary N) is 1. The van der Waals surface area contributed by atoms with Crippen molar-refractivity contribution < 1.29 is 28.5 Å². The lowest BCUT2D eigenvalue weighted by Gasteiger charge is -2.45. The smallest absolute Gasteiger partial charge is 0.290 e. The number of rotatable bonds is 8. The molecule has 2 fully saturated rings. The average molecular weight is 614 g/mol. The second kappa shape index (κ2) is 12.3. The molecule has 2 saturated heterocycles. The largest absolute Gasteiger partial charge is 0.488 e. The fourth-order valence-corrected chi connectivity index (χ4v) is 7.46. The van der Waals surface area contributed by atoms with Gasteiger partial charge in [-0.15, -0.1) is 4.65 Å². The predicted octanol–water partition coefficient (Wildman–Crippen LogP) is 7.59. The molecule has 3 heterocycles. The molecule has 230 valence electrons. The zero-order chi connectivity index (χ0) is 30.9. The molecule has 0 bridgehead atoms. The van der Waals surface area contributed by atoms with E-state index in [1.165, 1.54) is 17.5 Å². The molecule has 1 unspecified atom stereocenters. The van der Waals surface area contributed by atoms with Crippen molar-refractivity contribution in [3.05, 3.63) is 92.9 Å². The molecular formula is C36H41N2O5S+. The number of carbonyl (C=O) groups excluding carboxylic acids is 2. The van der Waals surface area contributed by atoms with Crippen LogP contribution in [0.2, 0.25) is 0 Å². The summed E-state index contributed by atoms with van der Waals surface area (Å²) in [6.45, 7) is 11.8. The van der Waals surface area contributed by atoms with Crippen molar-refractivity contribution in [3.63, 3.8) is 0 Å². The van der Waals surface area contributed by atoms with Gasteiger partial charge in [-0.25, -0.2) is 0 Å². The average Bonchev–Trinajstić information content (AvgIpc) is 3.32. The van der Waals surface area contributed by atoms with Crippen LogP contribution in [0.15, 0.2) is 59.5 Å². The molecule has 8 heteroatoms. The summed E-state index contributed by atoms with van der Waals surface area (Å²) in [5, 5.41) is 1.98. The van der Waals surface area contributed by atoms with Gasteiger partial charge in [0.2, 0.25) is 0 Å². The normalized spacial score (nSPS) is 21.9. The highest BCUT2D eigenvalue weighted by Crippen LogP contribution is 2.45. The lowest BCUT2D eigenvalue weighted by Crippen LogP contribution is -2.62. The molecule has 3 aromatic carbocycles. The van der Waals surface area contributed by atoms with E-state index in [1.54, 1.807) is 6.08 Å². The van der Waals surface area contributed by atoms with Gasteiger partial charge in [0.25, 0.3) is 11.1 Å². The van der Waals surface area contributed by atoms with Gasteiger partial charge in [0.1, 0.15) is 31.2 Å². The summed E-state index contributed by atoms with van der Waals surface area (Å²) in [7, 11) is 0. The van der Waals surface area contributed by atoms with Crippen molar-refractivity contribution in [2.75, 3.05) is 19.6 Å². The van der Waals surface area contributed by atoms with Gasteiger partial charge in [-0.05, 0) is 105 Å². The van der Waals surface area contributed by atoms with Crippen LogP contribution in [-0.4, -0.2) is 41.0 Å². The van der Waals surface area contributed by atoms with Crippen LogP contribution in [-0.2, 0) is 17.8 Å². The maximum Gasteiger partial charge on any atom is 0.290 e. The summed E-state index contributed by atoms with van der Waals surface area (Å²) in [4.78, 5) is 31.0. The summed E-state index contributed by atoms with van der Waals surface area (Å²) in [6, 6.07) is 18.1. The van der Waals surface area contributed by atoms with E-state index in [0.717, 1.165) is 96.6 Å². The number of hydrogen-bond donors (Lipinski definition) is 1. The predicted molar refractivity (Wildman–Crippen MR) is 174 cm³/mol. The van der Waals surface area contributed by atoms with Crippen LogP contribution in [0.4, 0.5) is 4.79 Å². The molecule has 7 nitrogen and oxygen atoms in total. The standard InChI is InChI=1S/C36H40N2O5S/c1-24-25(2)33-30(26(3)32(24)41-22-27-12-7-5-8-13-27)16-17-36(4,42-33)23-38(18-9-6-10-19-38)43-29-15-11-14-28(20-29)21-31-34(39)37-35(40)44-31/h5,7-8,11-15,20-21H,6,9-10,16-19,22-23H2,1-4H3/p+1. The fraction of sp³-hybridized carbons (Fsp3) is 0.389. The number of amides is 2. The second-order valence-electron chi connectivity index (χ2n) is 12.6. The van der Waals surface area contributed by atoms with Gasteiger partial charge in [-0.1, -0.05) is 42.5 Å². The number of piperidine rings is 1. The Balaban J connectivity index is 1.23. The first-order valence-corrected chi connectivity index (χ1v) is 16.3. The number of benzene rings is 3. The Kier molecular flexibility index (Phi) is 8.49. The monoisotopic (exact) mass is 613 g/mol. The number of imide groups is 1. The Labute approximate surface area is 264 Å². The molecule has 44 heavy (non-hydrogen) atoms. The Morgan fingerprint density at radius 1 is 0.977 bits per heavy atom. The molecule has 0 aromatic heterocycles. The molecule has 3 aliphatic rings. The van der Waals surface area contributed by atoms with Crippen LogP contribution >= 0.6 is 11.8 Å². The number of likely N-dealkylation sites (tertiary alicyclic amines) is 1. The molecule has 1 N–H and O–H groups in total. The number of nitrogens with zero attached hydrogens (tertiary/aromatic N) is 1. The molecule has 0 saturated carbocycles. The van der Waals surface area contributed by atoms with Crippen molar-refractivity contribution in [1.82, 2.24) is 5.32 Å². The Bertz CT molecular complexity index is 1610. The Hall–Kier alpha value is -3.75. The lowest BCUT2D eigenvalue weighted by molar-refractivity contribution is -1.08. The minimum atomic E-state index is -0.404. The molecule has 3 aromatic rings. The molecule has 3 aliphatic heterocycles. The van der Waals surface area contributed by atoms with Gasteiger partial charge in [-0.2, -0.15) is 0 Å². The summed E-state index contributed by atoms with van der Waals surface area (Å²) in [5.41, 5.74) is 6.25. The molecular weight excluding hydrogens is 572 g/mol. The fourth-order valence-electron chi connectivity index (χ4n) is 6.78. The van der Waals surface area contributed by atoms with Crippen molar-refractivity contribution >= 4 is 29.0 Å². The van der Waals surface area contributed by atoms with E-state index in [2.05, 4.69) is 45.1 Å². The summed E-state index contributed by atoms with van der Waals surface area (Å²) >= 11 is 0.924. The minimum absolute atomic E-state index is 0.342. The maximum atomic E-state index is 12.1. The van der Waals surface area contributed by atoms with Gasteiger partial charge in [-0.3, -0.25) is 14.9 Å². The van der Waals surface area contributed by atoms with Crippen LogP contribution in [0, 0.1) is 20.8 Å². The van der Waals surface area contributed by atoms with E-state index in [1.807, 2.05) is 42.5 Å². The molecule has 0 spiro atoms. The maximum absolute atomic E-state index is 12.1. The van der Waals surface area contributed by atoms with Crippen LogP contribution in [0.3, 0.4) is 0 Å². The Morgan fingerprint density at radius 3 is 2.48 bits per heavy atom. The lowest BCUT2D eigenvalue weighted by atomic mass is 9.86. The number of fused-ring (bicyclic) bond motifs is 1. The zero-order valence-corrected chi connectivity index (χ0v) is 26.9. The summed E-state index contributed by atoms with van der Waals surface area (Å²) in [5.74, 6) is 2.35. The number of hydrogen-bond acceptors (Lipinski definition) is 6.